The van der Waals surface area contributed by atoms with Gasteiger partial charge in [0.1, 0.15) is 0 Å². The predicted molar refractivity (Wildman–Crippen MR) is 89.7 cm³/mol. The molecule has 0 aromatic carbocycles. The standard InChI is InChI=1S/C13H23BrN2O2S2/c1-3-6-15-7-4-5-8-20(17,18)16(2)10-13-9-12(14)11-19-13/h9,11,15H,3-8,10H2,1-2H3. The zero-order valence-corrected chi connectivity index (χ0v) is 15.3. The van der Waals surface area contributed by atoms with Gasteiger partial charge in [-0.2, -0.15) is 4.31 Å². The van der Waals surface area contributed by atoms with Crippen molar-refractivity contribution in [3.63, 3.8) is 0 Å². The van der Waals surface area contributed by atoms with E-state index < -0.39 is 10.0 Å². The Balaban J connectivity index is 2.32. The molecule has 0 aliphatic carbocycles. The van der Waals surface area contributed by atoms with E-state index in [4.69, 9.17) is 0 Å². The summed E-state index contributed by atoms with van der Waals surface area (Å²) in [5, 5.41) is 5.25. The summed E-state index contributed by atoms with van der Waals surface area (Å²) in [5.41, 5.74) is 0. The number of thiophene rings is 1. The molecule has 1 N–H and O–H groups in total. The second kappa shape index (κ2) is 9.15. The smallest absolute Gasteiger partial charge is 0.214 e. The summed E-state index contributed by atoms with van der Waals surface area (Å²) in [7, 11) is -1.49. The summed E-state index contributed by atoms with van der Waals surface area (Å²) < 4.78 is 26.7. The number of hydrogen-bond acceptors (Lipinski definition) is 4. The fraction of sp³-hybridized carbons (Fsp3) is 0.692. The van der Waals surface area contributed by atoms with Gasteiger partial charge in [0.05, 0.1) is 5.75 Å². The minimum Gasteiger partial charge on any atom is -0.317 e. The third-order valence-electron chi connectivity index (χ3n) is 2.91. The first-order valence-electron chi connectivity index (χ1n) is 6.83. The Kier molecular flexibility index (Phi) is 8.28. The van der Waals surface area contributed by atoms with Gasteiger partial charge in [-0.3, -0.25) is 0 Å². The minimum atomic E-state index is -3.15. The van der Waals surface area contributed by atoms with E-state index >= 15 is 0 Å². The number of hydrogen-bond donors (Lipinski definition) is 1. The normalized spacial score (nSPS) is 12.2. The van der Waals surface area contributed by atoms with Gasteiger partial charge in [-0.25, -0.2) is 8.42 Å². The van der Waals surface area contributed by atoms with Gasteiger partial charge in [-0.05, 0) is 54.3 Å². The molecular weight excluding hydrogens is 360 g/mol. The largest absolute Gasteiger partial charge is 0.317 e. The number of unbranched alkanes of at least 4 members (excludes halogenated alkanes) is 1. The number of nitrogens with one attached hydrogen (secondary N) is 1. The number of halogens is 1. The van der Waals surface area contributed by atoms with Crippen LogP contribution in [0.4, 0.5) is 0 Å². The average molecular weight is 383 g/mol. The SMILES string of the molecule is CCCNCCCCS(=O)(=O)N(C)Cc1cc(Br)cs1. The van der Waals surface area contributed by atoms with Gasteiger partial charge in [0.15, 0.2) is 0 Å². The van der Waals surface area contributed by atoms with E-state index in [-0.39, 0.29) is 5.75 Å². The van der Waals surface area contributed by atoms with Crippen LogP contribution in [0.3, 0.4) is 0 Å². The highest BCUT2D eigenvalue weighted by Gasteiger charge is 2.18. The first kappa shape index (κ1) is 18.1. The summed E-state index contributed by atoms with van der Waals surface area (Å²) in [6.07, 6.45) is 2.71. The summed E-state index contributed by atoms with van der Waals surface area (Å²) in [6.45, 7) is 4.47. The van der Waals surface area contributed by atoms with Gasteiger partial charge < -0.3 is 5.32 Å². The molecule has 0 fully saturated rings. The second-order valence-electron chi connectivity index (χ2n) is 4.76. The van der Waals surface area contributed by atoms with E-state index in [9.17, 15) is 8.42 Å². The molecule has 0 spiro atoms. The highest BCUT2D eigenvalue weighted by molar-refractivity contribution is 9.10. The Morgan fingerprint density at radius 3 is 2.70 bits per heavy atom. The van der Waals surface area contributed by atoms with Crippen molar-refractivity contribution in [2.24, 2.45) is 0 Å². The summed E-state index contributed by atoms with van der Waals surface area (Å²) in [5.74, 6) is 0.226. The number of rotatable bonds is 10. The fourth-order valence-corrected chi connectivity index (χ4v) is 4.55. The van der Waals surface area contributed by atoms with E-state index in [1.807, 2.05) is 11.4 Å². The summed E-state index contributed by atoms with van der Waals surface area (Å²) in [6, 6.07) is 1.96. The maximum Gasteiger partial charge on any atom is 0.214 e. The Labute approximate surface area is 134 Å². The second-order valence-corrected chi connectivity index (χ2v) is 8.87. The molecule has 1 aromatic rings. The summed E-state index contributed by atoms with van der Waals surface area (Å²) >= 11 is 4.95. The van der Waals surface area contributed by atoms with E-state index in [1.54, 1.807) is 18.4 Å². The van der Waals surface area contributed by atoms with E-state index in [0.717, 1.165) is 35.3 Å². The molecule has 4 nitrogen and oxygen atoms in total. The Bertz CT molecular complexity index is 488. The lowest BCUT2D eigenvalue weighted by Gasteiger charge is -2.16. The first-order valence-corrected chi connectivity index (χ1v) is 10.1. The van der Waals surface area contributed by atoms with Crippen LogP contribution in [0.15, 0.2) is 15.9 Å². The van der Waals surface area contributed by atoms with Crippen molar-refractivity contribution in [1.82, 2.24) is 9.62 Å². The van der Waals surface area contributed by atoms with Crippen molar-refractivity contribution in [3.05, 3.63) is 20.8 Å². The molecule has 0 saturated heterocycles. The van der Waals surface area contributed by atoms with Gasteiger partial charge in [0, 0.05) is 28.3 Å². The van der Waals surface area contributed by atoms with Crippen molar-refractivity contribution in [2.75, 3.05) is 25.9 Å². The van der Waals surface area contributed by atoms with Crippen LogP contribution in [0.1, 0.15) is 31.1 Å². The molecule has 0 radical (unpaired) electrons. The molecule has 1 heterocycles. The van der Waals surface area contributed by atoms with Crippen LogP contribution in [0.5, 0.6) is 0 Å². The maximum absolute atomic E-state index is 12.1. The molecule has 7 heteroatoms. The Morgan fingerprint density at radius 1 is 1.35 bits per heavy atom. The van der Waals surface area contributed by atoms with Crippen LogP contribution < -0.4 is 5.32 Å². The van der Waals surface area contributed by atoms with Crippen molar-refractivity contribution in [3.8, 4) is 0 Å². The molecule has 0 aliphatic rings. The lowest BCUT2D eigenvalue weighted by Crippen LogP contribution is -2.29. The molecule has 116 valence electrons. The summed E-state index contributed by atoms with van der Waals surface area (Å²) in [4.78, 5) is 1.05. The van der Waals surface area contributed by atoms with Gasteiger partial charge >= 0.3 is 0 Å². The number of sulfonamides is 1. The van der Waals surface area contributed by atoms with Crippen LogP contribution in [0, 0.1) is 0 Å². The molecule has 0 aliphatic heterocycles. The van der Waals surface area contributed by atoms with Crippen LogP contribution in [0.2, 0.25) is 0 Å². The molecule has 20 heavy (non-hydrogen) atoms. The maximum atomic E-state index is 12.1. The lowest BCUT2D eigenvalue weighted by molar-refractivity contribution is 0.467. The molecule has 0 atom stereocenters. The highest BCUT2D eigenvalue weighted by atomic mass is 79.9. The molecule has 1 aromatic heterocycles. The van der Waals surface area contributed by atoms with E-state index in [1.165, 1.54) is 4.31 Å². The third kappa shape index (κ3) is 6.67. The third-order valence-corrected chi connectivity index (χ3v) is 6.47. The first-order chi connectivity index (χ1) is 9.45. The lowest BCUT2D eigenvalue weighted by atomic mass is 10.3. The van der Waals surface area contributed by atoms with Gasteiger partial charge in [0.2, 0.25) is 10.0 Å². The van der Waals surface area contributed by atoms with Crippen molar-refractivity contribution < 1.29 is 8.42 Å². The van der Waals surface area contributed by atoms with Gasteiger partial charge in [0.25, 0.3) is 0 Å². The Morgan fingerprint density at radius 2 is 2.10 bits per heavy atom. The number of nitrogens with zero attached hydrogens (tertiary/aromatic N) is 1. The molecule has 0 amide bonds. The highest BCUT2D eigenvalue weighted by Crippen LogP contribution is 2.21. The monoisotopic (exact) mass is 382 g/mol. The van der Waals surface area contributed by atoms with Crippen molar-refractivity contribution >= 4 is 37.3 Å². The van der Waals surface area contributed by atoms with Crippen LogP contribution in [-0.2, 0) is 16.6 Å². The van der Waals surface area contributed by atoms with Crippen molar-refractivity contribution in [2.45, 2.75) is 32.7 Å². The van der Waals surface area contributed by atoms with Crippen LogP contribution in [0.25, 0.3) is 0 Å². The van der Waals surface area contributed by atoms with Crippen molar-refractivity contribution in [1.29, 1.82) is 0 Å². The fourth-order valence-electron chi connectivity index (χ4n) is 1.75. The van der Waals surface area contributed by atoms with Gasteiger partial charge in [-0.15, -0.1) is 11.3 Å². The predicted octanol–water partition coefficient (Wildman–Crippen LogP) is 3.05. The molecular formula is C13H23BrN2O2S2. The average Bonchev–Trinajstić information content (AvgIpc) is 2.79. The van der Waals surface area contributed by atoms with Crippen LogP contribution in [-0.4, -0.2) is 38.6 Å². The van der Waals surface area contributed by atoms with Crippen LogP contribution >= 0.6 is 27.3 Å². The van der Waals surface area contributed by atoms with Gasteiger partial charge in [-0.1, -0.05) is 6.92 Å². The zero-order chi connectivity index (χ0) is 15.0. The molecule has 1 rings (SSSR count). The van der Waals surface area contributed by atoms with E-state index in [0.29, 0.717) is 13.0 Å². The topological polar surface area (TPSA) is 49.4 Å². The molecule has 0 bridgehead atoms. The quantitative estimate of drug-likeness (QED) is 0.632. The minimum absolute atomic E-state index is 0.226. The molecule has 0 saturated carbocycles. The molecule has 0 unspecified atom stereocenters. The Hall–Kier alpha value is 0.0500. The zero-order valence-electron chi connectivity index (χ0n) is 12.1. The van der Waals surface area contributed by atoms with E-state index in [2.05, 4.69) is 28.2 Å².